The molecule has 0 aliphatic rings. The average Bonchev–Trinajstić information content (AvgIpc) is 3.92. The van der Waals surface area contributed by atoms with E-state index in [1.165, 1.54) is 130 Å². The van der Waals surface area contributed by atoms with Gasteiger partial charge in [0.2, 0.25) is 0 Å². The summed E-state index contributed by atoms with van der Waals surface area (Å²) in [5.41, 5.74) is 13.7. The maximum absolute atomic E-state index is 2.45. The quantitative estimate of drug-likeness (QED) is 0.152. The molecule has 14 aromatic rings. The van der Waals surface area contributed by atoms with Gasteiger partial charge < -0.3 is 4.57 Å². The van der Waals surface area contributed by atoms with Gasteiger partial charge in [-0.15, -0.1) is 11.3 Å². The highest BCUT2D eigenvalue weighted by Gasteiger charge is 2.21. The number of benzene rings is 12. The van der Waals surface area contributed by atoms with E-state index in [1.807, 2.05) is 11.3 Å². The zero-order valence-electron chi connectivity index (χ0n) is 35.9. The van der Waals surface area contributed by atoms with E-state index in [0.717, 1.165) is 5.69 Å². The van der Waals surface area contributed by atoms with Crippen LogP contribution >= 0.6 is 11.3 Å². The van der Waals surface area contributed by atoms with Crippen molar-refractivity contribution in [3.8, 4) is 50.2 Å². The molecule has 0 saturated heterocycles. The fourth-order valence-electron chi connectivity index (χ4n) is 11.2. The molecule has 0 N–H and O–H groups in total. The summed E-state index contributed by atoms with van der Waals surface area (Å²) in [6.07, 6.45) is 0. The first-order chi connectivity index (χ1) is 32.8. The summed E-state index contributed by atoms with van der Waals surface area (Å²) >= 11 is 1.89. The molecule has 0 radical (unpaired) electrons. The molecule has 12 aromatic carbocycles. The molecule has 0 saturated carbocycles. The highest BCUT2D eigenvalue weighted by molar-refractivity contribution is 7.25. The number of para-hydroxylation sites is 2. The lowest BCUT2D eigenvalue weighted by Gasteiger charge is -2.18. The number of aromatic nitrogens is 1. The molecule has 0 unspecified atom stereocenters. The summed E-state index contributed by atoms with van der Waals surface area (Å²) in [4.78, 5) is 0. The lowest BCUT2D eigenvalue weighted by molar-refractivity contribution is 1.18. The molecular formula is C64H39NS. The van der Waals surface area contributed by atoms with Crippen molar-refractivity contribution < 1.29 is 0 Å². The molecule has 0 amide bonds. The first-order valence-electron chi connectivity index (χ1n) is 22.8. The number of hydrogen-bond donors (Lipinski definition) is 0. The van der Waals surface area contributed by atoms with E-state index < -0.39 is 0 Å². The Hall–Kier alpha value is -8.30. The number of thiophene rings is 1. The van der Waals surface area contributed by atoms with E-state index in [1.54, 1.807) is 0 Å². The highest BCUT2D eigenvalue weighted by Crippen LogP contribution is 2.48. The zero-order valence-corrected chi connectivity index (χ0v) is 36.7. The van der Waals surface area contributed by atoms with E-state index in [0.29, 0.717) is 0 Å². The number of nitrogens with zero attached hydrogens (tertiary/aromatic N) is 1. The van der Waals surface area contributed by atoms with E-state index in [9.17, 15) is 0 Å². The van der Waals surface area contributed by atoms with Gasteiger partial charge in [0.25, 0.3) is 0 Å². The van der Waals surface area contributed by atoms with Crippen LogP contribution in [0.2, 0.25) is 0 Å². The Morgan fingerprint density at radius 2 is 0.621 bits per heavy atom. The van der Waals surface area contributed by atoms with Crippen molar-refractivity contribution in [3.63, 3.8) is 0 Å². The first kappa shape index (κ1) is 37.1. The molecule has 2 heteroatoms. The lowest BCUT2D eigenvalue weighted by Crippen LogP contribution is -1.94. The van der Waals surface area contributed by atoms with Crippen molar-refractivity contribution in [1.82, 2.24) is 4.57 Å². The fraction of sp³-hybridized carbons (Fsp3) is 0. The molecule has 0 aliphatic heterocycles. The van der Waals surface area contributed by atoms with Gasteiger partial charge in [0.15, 0.2) is 0 Å². The van der Waals surface area contributed by atoms with Crippen molar-refractivity contribution in [2.24, 2.45) is 0 Å². The van der Waals surface area contributed by atoms with Crippen LogP contribution in [0.4, 0.5) is 0 Å². The smallest absolute Gasteiger partial charge is 0.0547 e. The van der Waals surface area contributed by atoms with Gasteiger partial charge in [-0.05, 0) is 130 Å². The van der Waals surface area contributed by atoms with Crippen molar-refractivity contribution in [2.45, 2.75) is 0 Å². The molecule has 0 fully saturated rings. The van der Waals surface area contributed by atoms with Gasteiger partial charge in [-0.3, -0.25) is 0 Å². The van der Waals surface area contributed by atoms with Crippen LogP contribution in [0.15, 0.2) is 237 Å². The third-order valence-corrected chi connectivity index (χ3v) is 15.1. The second-order valence-corrected chi connectivity index (χ2v) is 18.6. The van der Waals surface area contributed by atoms with Crippen LogP contribution in [0.25, 0.3) is 135 Å². The van der Waals surface area contributed by atoms with Crippen molar-refractivity contribution in [1.29, 1.82) is 0 Å². The predicted octanol–water partition coefficient (Wildman–Crippen LogP) is 18.4. The third kappa shape index (κ3) is 5.52. The second-order valence-electron chi connectivity index (χ2n) is 17.5. The third-order valence-electron chi connectivity index (χ3n) is 14.0. The standard InChI is InChI=1S/C64H39NS/c1-3-17-40(18-4-1)61-48-22-7-9-24-50(48)64(51-25-10-8-23-49(51)61)43-32-35-47-56-37-41(33-36-59(56)66-60(47)39-43)62-52-26-11-13-28-54(52)63(55-29-14-12-27-53(55)62)42-31-34-46-45-21-15-16-30-57(45)65(58(46)38-42)44-19-5-2-6-20-44/h1-39H. The van der Waals surface area contributed by atoms with Crippen LogP contribution in [0.5, 0.6) is 0 Å². The molecule has 0 atom stereocenters. The summed E-state index contributed by atoms with van der Waals surface area (Å²) in [5, 5.41) is 15.2. The van der Waals surface area contributed by atoms with Gasteiger partial charge in [0, 0.05) is 36.6 Å². The monoisotopic (exact) mass is 853 g/mol. The molecule has 0 bridgehead atoms. The molecule has 0 spiro atoms. The minimum atomic E-state index is 1.16. The number of fused-ring (bicyclic) bond motifs is 10. The SMILES string of the molecule is c1ccc(-c2c3ccccc3c(-c3ccc4c(c3)sc3ccc(-c5c6ccccc6c(-c6ccc7c8ccccc8n(-c8ccccc8)c7c6)c6ccccc56)cc34)c3ccccc23)cc1. The highest BCUT2D eigenvalue weighted by atomic mass is 32.1. The molecular weight excluding hydrogens is 815 g/mol. The van der Waals surface area contributed by atoms with Gasteiger partial charge in [-0.1, -0.05) is 194 Å². The predicted molar refractivity (Wildman–Crippen MR) is 285 cm³/mol. The van der Waals surface area contributed by atoms with Gasteiger partial charge in [0.1, 0.15) is 0 Å². The molecule has 66 heavy (non-hydrogen) atoms. The summed E-state index contributed by atoms with van der Waals surface area (Å²) in [7, 11) is 0. The van der Waals surface area contributed by atoms with E-state index in [4.69, 9.17) is 0 Å². The molecule has 0 aliphatic carbocycles. The van der Waals surface area contributed by atoms with Crippen LogP contribution in [0.1, 0.15) is 0 Å². The van der Waals surface area contributed by atoms with Crippen LogP contribution in [0.3, 0.4) is 0 Å². The zero-order chi connectivity index (χ0) is 43.3. The Morgan fingerprint density at radius 1 is 0.227 bits per heavy atom. The number of hydrogen-bond acceptors (Lipinski definition) is 1. The Bertz CT molecular complexity index is 4160. The topological polar surface area (TPSA) is 4.93 Å². The lowest BCUT2D eigenvalue weighted by atomic mass is 9.85. The Balaban J connectivity index is 0.951. The Kier molecular flexibility index (Phi) is 8.22. The van der Waals surface area contributed by atoms with Crippen molar-refractivity contribution in [3.05, 3.63) is 237 Å². The van der Waals surface area contributed by atoms with E-state index >= 15 is 0 Å². The maximum Gasteiger partial charge on any atom is 0.0547 e. The maximum atomic E-state index is 2.45. The molecule has 306 valence electrons. The normalized spacial score (nSPS) is 11.9. The summed E-state index contributed by atoms with van der Waals surface area (Å²) in [5.74, 6) is 0. The van der Waals surface area contributed by atoms with Gasteiger partial charge in [-0.25, -0.2) is 0 Å². The Labute approximate surface area is 385 Å². The largest absolute Gasteiger partial charge is 0.309 e. The molecule has 14 rings (SSSR count). The van der Waals surface area contributed by atoms with E-state index in [-0.39, 0.29) is 0 Å². The van der Waals surface area contributed by atoms with Gasteiger partial charge >= 0.3 is 0 Å². The van der Waals surface area contributed by atoms with Crippen LogP contribution in [-0.4, -0.2) is 4.57 Å². The van der Waals surface area contributed by atoms with Crippen LogP contribution in [0, 0.1) is 0 Å². The van der Waals surface area contributed by atoms with E-state index in [2.05, 4.69) is 241 Å². The first-order valence-corrected chi connectivity index (χ1v) is 23.6. The van der Waals surface area contributed by atoms with Gasteiger partial charge in [0.05, 0.1) is 11.0 Å². The summed E-state index contributed by atoms with van der Waals surface area (Å²) in [6, 6.07) is 87.7. The minimum Gasteiger partial charge on any atom is -0.309 e. The minimum absolute atomic E-state index is 1.16. The van der Waals surface area contributed by atoms with Crippen LogP contribution < -0.4 is 0 Å². The average molecular weight is 854 g/mol. The summed E-state index contributed by atoms with van der Waals surface area (Å²) in [6.45, 7) is 0. The van der Waals surface area contributed by atoms with Crippen molar-refractivity contribution in [2.75, 3.05) is 0 Å². The Morgan fingerprint density at radius 3 is 1.17 bits per heavy atom. The summed E-state index contributed by atoms with van der Waals surface area (Å²) < 4.78 is 5.02. The fourth-order valence-corrected chi connectivity index (χ4v) is 12.3. The second kappa shape index (κ2) is 14.6. The molecule has 2 aromatic heterocycles. The van der Waals surface area contributed by atoms with Crippen molar-refractivity contribution >= 4 is 96.4 Å². The van der Waals surface area contributed by atoms with Crippen LogP contribution in [-0.2, 0) is 0 Å². The van der Waals surface area contributed by atoms with Gasteiger partial charge in [-0.2, -0.15) is 0 Å². The molecule has 1 nitrogen and oxygen atoms in total. The number of rotatable bonds is 5. The molecule has 2 heterocycles.